The molecule has 0 radical (unpaired) electrons. The van der Waals surface area contributed by atoms with E-state index in [2.05, 4.69) is 37.8 Å². The SMILES string of the molecule is COCC1CCCN(C(CN)c2cc(C)c(C)cc2C)C1. The van der Waals surface area contributed by atoms with Gasteiger partial charge in [0.1, 0.15) is 0 Å². The summed E-state index contributed by atoms with van der Waals surface area (Å²) in [5.41, 5.74) is 11.6. The van der Waals surface area contributed by atoms with Gasteiger partial charge in [0.05, 0.1) is 6.61 Å². The zero-order valence-corrected chi connectivity index (χ0v) is 14.0. The molecule has 3 heteroatoms. The third-order valence-corrected chi connectivity index (χ3v) is 4.86. The van der Waals surface area contributed by atoms with E-state index in [4.69, 9.17) is 10.5 Å². The summed E-state index contributed by atoms with van der Waals surface area (Å²) >= 11 is 0. The topological polar surface area (TPSA) is 38.5 Å². The lowest BCUT2D eigenvalue weighted by atomic mass is 9.91. The highest BCUT2D eigenvalue weighted by Crippen LogP contribution is 2.29. The number of nitrogens with zero attached hydrogens (tertiary/aromatic N) is 1. The summed E-state index contributed by atoms with van der Waals surface area (Å²) in [5, 5.41) is 0. The van der Waals surface area contributed by atoms with Crippen LogP contribution < -0.4 is 5.73 Å². The van der Waals surface area contributed by atoms with E-state index in [1.54, 1.807) is 7.11 Å². The summed E-state index contributed by atoms with van der Waals surface area (Å²) in [5.74, 6) is 0.643. The number of hydrogen-bond donors (Lipinski definition) is 1. The second-order valence-electron chi connectivity index (χ2n) is 6.50. The predicted octanol–water partition coefficient (Wildman–Crippen LogP) is 2.97. The zero-order chi connectivity index (χ0) is 15.4. The Bertz CT molecular complexity index is 471. The lowest BCUT2D eigenvalue weighted by molar-refractivity contribution is 0.0695. The summed E-state index contributed by atoms with van der Waals surface area (Å²) < 4.78 is 5.35. The molecule has 3 nitrogen and oxygen atoms in total. The Labute approximate surface area is 129 Å². The van der Waals surface area contributed by atoms with Crippen LogP contribution in [-0.4, -0.2) is 38.3 Å². The van der Waals surface area contributed by atoms with Gasteiger partial charge in [0.2, 0.25) is 0 Å². The largest absolute Gasteiger partial charge is 0.384 e. The number of likely N-dealkylation sites (tertiary alicyclic amines) is 1. The molecule has 2 rings (SSSR count). The second kappa shape index (κ2) is 7.39. The first-order valence-corrected chi connectivity index (χ1v) is 8.07. The molecular weight excluding hydrogens is 260 g/mol. The normalized spacial score (nSPS) is 21.5. The number of aryl methyl sites for hydroxylation is 3. The standard InChI is InChI=1S/C18H30N2O/c1-13-8-15(3)17(9-14(13)2)18(10-19)20-7-5-6-16(11-20)12-21-4/h8-9,16,18H,5-7,10-12,19H2,1-4H3. The van der Waals surface area contributed by atoms with Crippen molar-refractivity contribution in [3.05, 3.63) is 34.4 Å². The predicted molar refractivity (Wildman–Crippen MR) is 88.6 cm³/mol. The number of benzene rings is 1. The van der Waals surface area contributed by atoms with Gasteiger partial charge >= 0.3 is 0 Å². The van der Waals surface area contributed by atoms with Gasteiger partial charge in [-0.1, -0.05) is 12.1 Å². The van der Waals surface area contributed by atoms with Gasteiger partial charge in [0.25, 0.3) is 0 Å². The molecule has 118 valence electrons. The number of hydrogen-bond acceptors (Lipinski definition) is 3. The molecule has 2 N–H and O–H groups in total. The Morgan fingerprint density at radius 1 is 1.24 bits per heavy atom. The van der Waals surface area contributed by atoms with Crippen molar-refractivity contribution in [3.63, 3.8) is 0 Å². The minimum Gasteiger partial charge on any atom is -0.384 e. The van der Waals surface area contributed by atoms with E-state index in [1.165, 1.54) is 35.1 Å². The van der Waals surface area contributed by atoms with Crippen LogP contribution >= 0.6 is 0 Å². The first kappa shape index (κ1) is 16.5. The van der Waals surface area contributed by atoms with Gasteiger partial charge < -0.3 is 10.5 Å². The van der Waals surface area contributed by atoms with Crippen molar-refractivity contribution in [3.8, 4) is 0 Å². The van der Waals surface area contributed by atoms with Gasteiger partial charge in [-0.15, -0.1) is 0 Å². The van der Waals surface area contributed by atoms with Crippen molar-refractivity contribution >= 4 is 0 Å². The lowest BCUT2D eigenvalue weighted by Gasteiger charge is -2.38. The molecule has 0 spiro atoms. The summed E-state index contributed by atoms with van der Waals surface area (Å²) in [6.45, 7) is 10.4. The highest BCUT2D eigenvalue weighted by molar-refractivity contribution is 5.38. The molecule has 1 aromatic rings. The highest BCUT2D eigenvalue weighted by atomic mass is 16.5. The second-order valence-corrected chi connectivity index (χ2v) is 6.50. The molecule has 1 aliphatic heterocycles. The average molecular weight is 290 g/mol. The van der Waals surface area contributed by atoms with E-state index < -0.39 is 0 Å². The van der Waals surface area contributed by atoms with E-state index in [-0.39, 0.29) is 0 Å². The number of nitrogens with two attached hydrogens (primary N) is 1. The first-order chi connectivity index (χ1) is 10.1. The third-order valence-electron chi connectivity index (χ3n) is 4.86. The number of ether oxygens (including phenoxy) is 1. The van der Waals surface area contributed by atoms with Crippen LogP contribution in [-0.2, 0) is 4.74 Å². The maximum atomic E-state index is 6.14. The van der Waals surface area contributed by atoms with Crippen LogP contribution in [0.25, 0.3) is 0 Å². The number of methoxy groups -OCH3 is 1. The Morgan fingerprint density at radius 2 is 1.95 bits per heavy atom. The van der Waals surface area contributed by atoms with Gasteiger partial charge in [0, 0.05) is 26.2 Å². The fourth-order valence-electron chi connectivity index (χ4n) is 3.57. The Kier molecular flexibility index (Phi) is 5.80. The molecule has 0 bridgehead atoms. The molecule has 2 atom stereocenters. The molecule has 21 heavy (non-hydrogen) atoms. The molecule has 1 heterocycles. The van der Waals surface area contributed by atoms with E-state index in [9.17, 15) is 0 Å². The van der Waals surface area contributed by atoms with Crippen LogP contribution in [0.4, 0.5) is 0 Å². The fourth-order valence-corrected chi connectivity index (χ4v) is 3.57. The van der Waals surface area contributed by atoms with E-state index in [1.807, 2.05) is 0 Å². The number of rotatable bonds is 5. The van der Waals surface area contributed by atoms with Crippen molar-refractivity contribution in [2.75, 3.05) is 33.4 Å². The number of piperidine rings is 1. The van der Waals surface area contributed by atoms with E-state index in [0.29, 0.717) is 18.5 Å². The monoisotopic (exact) mass is 290 g/mol. The van der Waals surface area contributed by atoms with Gasteiger partial charge in [0.15, 0.2) is 0 Å². The molecule has 1 saturated heterocycles. The van der Waals surface area contributed by atoms with Crippen molar-refractivity contribution in [2.45, 2.75) is 39.7 Å². The molecule has 1 aliphatic rings. The van der Waals surface area contributed by atoms with Crippen LogP contribution in [0.15, 0.2) is 12.1 Å². The van der Waals surface area contributed by atoms with Crippen LogP contribution in [0.2, 0.25) is 0 Å². The van der Waals surface area contributed by atoms with Crippen molar-refractivity contribution in [2.24, 2.45) is 11.7 Å². The van der Waals surface area contributed by atoms with Gasteiger partial charge in [-0.3, -0.25) is 4.90 Å². The first-order valence-electron chi connectivity index (χ1n) is 8.07. The van der Waals surface area contributed by atoms with Crippen LogP contribution in [0.5, 0.6) is 0 Å². The van der Waals surface area contributed by atoms with Crippen LogP contribution in [0, 0.1) is 26.7 Å². The van der Waals surface area contributed by atoms with Gasteiger partial charge in [-0.2, -0.15) is 0 Å². The molecule has 0 aliphatic carbocycles. The minimum absolute atomic E-state index is 0.337. The van der Waals surface area contributed by atoms with E-state index in [0.717, 1.165) is 19.7 Å². The van der Waals surface area contributed by atoms with Crippen LogP contribution in [0.1, 0.15) is 41.1 Å². The van der Waals surface area contributed by atoms with Gasteiger partial charge in [-0.25, -0.2) is 0 Å². The van der Waals surface area contributed by atoms with Crippen LogP contribution in [0.3, 0.4) is 0 Å². The highest BCUT2D eigenvalue weighted by Gasteiger charge is 2.27. The minimum atomic E-state index is 0.337. The van der Waals surface area contributed by atoms with E-state index >= 15 is 0 Å². The van der Waals surface area contributed by atoms with Crippen molar-refractivity contribution in [1.82, 2.24) is 4.90 Å². The maximum absolute atomic E-state index is 6.14. The third kappa shape index (κ3) is 3.85. The lowest BCUT2D eigenvalue weighted by Crippen LogP contribution is -2.42. The van der Waals surface area contributed by atoms with Gasteiger partial charge in [-0.05, 0) is 68.3 Å². The Morgan fingerprint density at radius 3 is 2.62 bits per heavy atom. The summed E-state index contributed by atoms with van der Waals surface area (Å²) in [7, 11) is 1.80. The summed E-state index contributed by atoms with van der Waals surface area (Å²) in [6.07, 6.45) is 2.52. The quantitative estimate of drug-likeness (QED) is 0.906. The molecule has 1 fully saturated rings. The molecule has 0 saturated carbocycles. The zero-order valence-electron chi connectivity index (χ0n) is 14.0. The smallest absolute Gasteiger partial charge is 0.0502 e. The summed E-state index contributed by atoms with van der Waals surface area (Å²) in [4.78, 5) is 2.56. The fraction of sp³-hybridized carbons (Fsp3) is 0.667. The Hall–Kier alpha value is -0.900. The molecule has 0 amide bonds. The van der Waals surface area contributed by atoms with Crippen molar-refractivity contribution in [1.29, 1.82) is 0 Å². The molecule has 1 aromatic carbocycles. The average Bonchev–Trinajstić information content (AvgIpc) is 2.46. The molecular formula is C18H30N2O. The molecule has 0 aromatic heterocycles. The molecule has 2 unspecified atom stereocenters. The van der Waals surface area contributed by atoms with Crippen molar-refractivity contribution < 1.29 is 4.74 Å². The maximum Gasteiger partial charge on any atom is 0.0502 e. The summed E-state index contributed by atoms with van der Waals surface area (Å²) in [6, 6.07) is 4.97. The Balaban J connectivity index is 2.21.